The minimum absolute atomic E-state index is 0.0196. The van der Waals surface area contributed by atoms with E-state index in [1.165, 1.54) is 0 Å². The van der Waals surface area contributed by atoms with Gasteiger partial charge in [-0.2, -0.15) is 0 Å². The van der Waals surface area contributed by atoms with Crippen LogP contribution in [-0.4, -0.2) is 28.7 Å². The minimum Gasteiger partial charge on any atom is -0.493 e. The summed E-state index contributed by atoms with van der Waals surface area (Å²) in [6, 6.07) is 15.6. The summed E-state index contributed by atoms with van der Waals surface area (Å²) in [7, 11) is 1.62. The Bertz CT molecular complexity index is 996. The van der Waals surface area contributed by atoms with Gasteiger partial charge < -0.3 is 14.8 Å². The van der Waals surface area contributed by atoms with Gasteiger partial charge in [0.15, 0.2) is 11.5 Å². The van der Waals surface area contributed by atoms with Gasteiger partial charge in [0.1, 0.15) is 12.1 Å². The summed E-state index contributed by atoms with van der Waals surface area (Å²) in [4.78, 5) is 17.2. The van der Waals surface area contributed by atoms with Crippen molar-refractivity contribution in [1.29, 1.82) is 0 Å². The molecule has 0 bridgehead atoms. The topological polar surface area (TPSA) is 65.4 Å². The first kappa shape index (κ1) is 18.1. The molecule has 1 unspecified atom stereocenters. The lowest BCUT2D eigenvalue weighted by Gasteiger charge is -2.26. The number of hydrogen-bond acceptors (Lipinski definition) is 4. The van der Waals surface area contributed by atoms with Crippen molar-refractivity contribution in [3.8, 4) is 17.2 Å². The summed E-state index contributed by atoms with van der Waals surface area (Å²) >= 11 is 0. The number of carbonyl (C=O) groups excluding carboxylic acids is 1. The highest BCUT2D eigenvalue weighted by Crippen LogP contribution is 2.44. The summed E-state index contributed by atoms with van der Waals surface area (Å²) in [6.45, 7) is 3.94. The van der Waals surface area contributed by atoms with E-state index in [1.807, 2.05) is 66.9 Å². The Morgan fingerprint density at radius 3 is 2.64 bits per heavy atom. The lowest BCUT2D eigenvalue weighted by atomic mass is 9.89. The van der Waals surface area contributed by atoms with Crippen LogP contribution in [0, 0.1) is 0 Å². The van der Waals surface area contributed by atoms with E-state index in [0.717, 1.165) is 16.9 Å². The molecule has 28 heavy (non-hydrogen) atoms. The summed E-state index contributed by atoms with van der Waals surface area (Å²) in [6.07, 6.45) is 2.04. The molecule has 6 heteroatoms. The molecule has 0 radical (unpaired) electrons. The number of benzene rings is 2. The number of imidazole rings is 1. The van der Waals surface area contributed by atoms with Crippen LogP contribution in [0.5, 0.6) is 11.5 Å². The zero-order valence-electron chi connectivity index (χ0n) is 16.2. The van der Waals surface area contributed by atoms with Crippen molar-refractivity contribution in [2.24, 2.45) is 0 Å². The number of ether oxygens (including phenoxy) is 2. The third kappa shape index (κ3) is 3.22. The fourth-order valence-corrected chi connectivity index (χ4v) is 3.58. The third-order valence-corrected chi connectivity index (χ3v) is 4.77. The molecule has 3 aromatic rings. The van der Waals surface area contributed by atoms with E-state index in [2.05, 4.69) is 10.3 Å². The number of aromatic nitrogens is 2. The zero-order valence-corrected chi connectivity index (χ0v) is 16.2. The Kier molecular flexibility index (Phi) is 4.77. The molecular weight excluding hydrogens is 354 g/mol. The van der Waals surface area contributed by atoms with Crippen molar-refractivity contribution < 1.29 is 14.3 Å². The minimum atomic E-state index is -0.211. The van der Waals surface area contributed by atoms with E-state index in [4.69, 9.17) is 9.47 Å². The quantitative estimate of drug-likeness (QED) is 0.726. The van der Waals surface area contributed by atoms with Crippen molar-refractivity contribution in [3.05, 3.63) is 66.1 Å². The lowest BCUT2D eigenvalue weighted by molar-refractivity contribution is -0.116. The molecule has 6 nitrogen and oxygen atoms in total. The first-order valence-electron chi connectivity index (χ1n) is 9.34. The van der Waals surface area contributed by atoms with Crippen LogP contribution in [0.1, 0.15) is 37.4 Å². The molecule has 0 saturated carbocycles. The average Bonchev–Trinajstić information content (AvgIpc) is 3.11. The Labute approximate surface area is 164 Å². The second kappa shape index (κ2) is 7.38. The molecule has 2 heterocycles. The predicted molar refractivity (Wildman–Crippen MR) is 107 cm³/mol. The molecule has 1 aromatic heterocycles. The van der Waals surface area contributed by atoms with Crippen molar-refractivity contribution in [2.45, 2.75) is 32.3 Å². The number of fused-ring (bicyclic) bond motifs is 1. The van der Waals surface area contributed by atoms with Crippen LogP contribution in [-0.2, 0) is 4.79 Å². The maximum atomic E-state index is 12.6. The van der Waals surface area contributed by atoms with Gasteiger partial charge in [-0.1, -0.05) is 30.3 Å². The second-order valence-electron chi connectivity index (χ2n) is 7.03. The van der Waals surface area contributed by atoms with E-state index in [-0.39, 0.29) is 17.9 Å². The van der Waals surface area contributed by atoms with Crippen molar-refractivity contribution in [1.82, 2.24) is 9.55 Å². The SMILES string of the molecule is COc1cccc(C2CC(=O)Nc3c2ncn3-c2ccccc2)c1OC(C)C. The lowest BCUT2D eigenvalue weighted by Crippen LogP contribution is -2.25. The number of anilines is 1. The predicted octanol–water partition coefficient (Wildman–Crippen LogP) is 4.14. The Morgan fingerprint density at radius 1 is 1.14 bits per heavy atom. The first-order chi connectivity index (χ1) is 13.6. The van der Waals surface area contributed by atoms with E-state index in [9.17, 15) is 4.79 Å². The molecule has 4 rings (SSSR count). The van der Waals surface area contributed by atoms with E-state index >= 15 is 0 Å². The van der Waals surface area contributed by atoms with Crippen LogP contribution in [0.4, 0.5) is 5.82 Å². The fourth-order valence-electron chi connectivity index (χ4n) is 3.58. The number of rotatable bonds is 5. The van der Waals surface area contributed by atoms with Crippen LogP contribution >= 0.6 is 0 Å². The zero-order chi connectivity index (χ0) is 19.7. The van der Waals surface area contributed by atoms with E-state index in [0.29, 0.717) is 23.7 Å². The van der Waals surface area contributed by atoms with Gasteiger partial charge >= 0.3 is 0 Å². The van der Waals surface area contributed by atoms with Crippen molar-refractivity contribution >= 4 is 11.7 Å². The molecule has 1 aliphatic heterocycles. The average molecular weight is 377 g/mol. The number of methoxy groups -OCH3 is 1. The van der Waals surface area contributed by atoms with Crippen LogP contribution < -0.4 is 14.8 Å². The Balaban J connectivity index is 1.84. The standard InChI is InChI=1S/C22H23N3O3/c1-14(2)28-21-16(10-7-11-18(21)27-3)17-12-19(26)24-22-20(17)23-13-25(22)15-8-5-4-6-9-15/h4-11,13-14,17H,12H2,1-3H3,(H,24,26). The molecular formula is C22H23N3O3. The Hall–Kier alpha value is -3.28. The molecule has 144 valence electrons. The second-order valence-corrected chi connectivity index (χ2v) is 7.03. The molecule has 0 saturated heterocycles. The van der Waals surface area contributed by atoms with E-state index < -0.39 is 0 Å². The summed E-state index contributed by atoms with van der Waals surface area (Å²) in [5.41, 5.74) is 2.68. The molecule has 0 aliphatic carbocycles. The molecule has 2 aromatic carbocycles. The van der Waals surface area contributed by atoms with Crippen molar-refractivity contribution in [2.75, 3.05) is 12.4 Å². The van der Waals surface area contributed by atoms with Gasteiger partial charge in [-0.25, -0.2) is 4.98 Å². The molecule has 1 aliphatic rings. The number of para-hydroxylation sites is 2. The van der Waals surface area contributed by atoms with Crippen LogP contribution in [0.3, 0.4) is 0 Å². The van der Waals surface area contributed by atoms with E-state index in [1.54, 1.807) is 13.4 Å². The number of amides is 1. The number of nitrogens with one attached hydrogen (secondary N) is 1. The summed E-state index contributed by atoms with van der Waals surface area (Å²) in [5, 5.41) is 2.99. The molecule has 1 atom stereocenters. The highest BCUT2D eigenvalue weighted by atomic mass is 16.5. The van der Waals surface area contributed by atoms with Gasteiger partial charge in [-0.05, 0) is 32.0 Å². The van der Waals surface area contributed by atoms with Gasteiger partial charge in [-0.3, -0.25) is 9.36 Å². The Morgan fingerprint density at radius 2 is 1.93 bits per heavy atom. The molecule has 0 fully saturated rings. The number of nitrogens with zero attached hydrogens (tertiary/aromatic N) is 2. The number of hydrogen-bond donors (Lipinski definition) is 1. The third-order valence-electron chi connectivity index (χ3n) is 4.77. The normalized spacial score (nSPS) is 15.9. The summed E-state index contributed by atoms with van der Waals surface area (Å²) in [5.74, 6) is 1.76. The fraction of sp³-hybridized carbons (Fsp3) is 0.273. The van der Waals surface area contributed by atoms with Gasteiger partial charge in [0, 0.05) is 23.6 Å². The van der Waals surface area contributed by atoms with Crippen LogP contribution in [0.2, 0.25) is 0 Å². The molecule has 0 spiro atoms. The monoisotopic (exact) mass is 377 g/mol. The van der Waals surface area contributed by atoms with Crippen LogP contribution in [0.15, 0.2) is 54.9 Å². The van der Waals surface area contributed by atoms with Gasteiger partial charge in [0.05, 0.1) is 18.9 Å². The maximum Gasteiger partial charge on any atom is 0.226 e. The largest absolute Gasteiger partial charge is 0.493 e. The number of carbonyl (C=O) groups is 1. The highest BCUT2D eigenvalue weighted by Gasteiger charge is 2.33. The van der Waals surface area contributed by atoms with Gasteiger partial charge in [-0.15, -0.1) is 0 Å². The summed E-state index contributed by atoms with van der Waals surface area (Å²) < 4.78 is 13.5. The van der Waals surface area contributed by atoms with Crippen molar-refractivity contribution in [3.63, 3.8) is 0 Å². The first-order valence-corrected chi connectivity index (χ1v) is 9.34. The highest BCUT2D eigenvalue weighted by molar-refractivity contribution is 5.94. The molecule has 1 N–H and O–H groups in total. The van der Waals surface area contributed by atoms with Gasteiger partial charge in [0.25, 0.3) is 0 Å². The maximum absolute atomic E-state index is 12.6. The smallest absolute Gasteiger partial charge is 0.226 e. The van der Waals surface area contributed by atoms with Gasteiger partial charge in [0.2, 0.25) is 5.91 Å². The molecule has 1 amide bonds. The van der Waals surface area contributed by atoms with Crippen LogP contribution in [0.25, 0.3) is 5.69 Å².